The van der Waals surface area contributed by atoms with Crippen LogP contribution in [-0.4, -0.2) is 21.8 Å². The van der Waals surface area contributed by atoms with Crippen molar-refractivity contribution in [3.63, 3.8) is 0 Å². The number of benzene rings is 2. The molecule has 1 atom stereocenters. The van der Waals surface area contributed by atoms with Gasteiger partial charge < -0.3 is 0 Å². The number of hydrogen-bond donors (Lipinski definition) is 1. The van der Waals surface area contributed by atoms with Crippen molar-refractivity contribution in [1.29, 1.82) is 0 Å². The van der Waals surface area contributed by atoms with Crippen molar-refractivity contribution in [1.82, 2.24) is 10.3 Å². The Hall–Kier alpha value is -2.12. The monoisotopic (exact) mass is 428 g/mol. The van der Waals surface area contributed by atoms with Crippen molar-refractivity contribution in [2.45, 2.75) is 19.5 Å². The van der Waals surface area contributed by atoms with Crippen LogP contribution >= 0.6 is 27.7 Å². The number of amidine groups is 1. The molecule has 1 amide bonds. The molecule has 0 saturated heterocycles. The number of thioether (sulfide) groups is 1. The van der Waals surface area contributed by atoms with E-state index in [0.717, 1.165) is 32.8 Å². The Morgan fingerprint density at radius 3 is 2.73 bits per heavy atom. The van der Waals surface area contributed by atoms with Crippen molar-refractivity contribution in [3.8, 4) is 0 Å². The molecule has 2 aromatic carbocycles. The quantitative estimate of drug-likeness (QED) is 0.817. The van der Waals surface area contributed by atoms with E-state index in [4.69, 9.17) is 10.1 Å². The predicted octanol–water partition coefficient (Wildman–Crippen LogP) is 2.74. The lowest BCUT2D eigenvalue weighted by molar-refractivity contribution is -0.116. The number of para-hydroxylation sites is 1. The first kappa shape index (κ1) is 17.3. The SMILES string of the molecule is CCCSC1=NN2C(=c3ccccc3=N[C@@H]2c2ccc(Br)cc2)C(=O)N1. The van der Waals surface area contributed by atoms with Gasteiger partial charge in [-0.25, -0.2) is 5.01 Å². The van der Waals surface area contributed by atoms with Crippen LogP contribution in [0.25, 0.3) is 5.70 Å². The van der Waals surface area contributed by atoms with Gasteiger partial charge in [-0.2, -0.15) is 0 Å². The van der Waals surface area contributed by atoms with E-state index in [1.807, 2.05) is 48.5 Å². The Morgan fingerprint density at radius 1 is 1.19 bits per heavy atom. The van der Waals surface area contributed by atoms with Gasteiger partial charge >= 0.3 is 0 Å². The van der Waals surface area contributed by atoms with Gasteiger partial charge in [-0.05, 0) is 30.2 Å². The zero-order valence-corrected chi connectivity index (χ0v) is 16.5. The molecule has 0 bridgehead atoms. The van der Waals surface area contributed by atoms with Crippen LogP contribution in [0, 0.1) is 0 Å². The second-order valence-electron chi connectivity index (χ2n) is 5.97. The fourth-order valence-corrected chi connectivity index (χ4v) is 3.92. The molecule has 5 nitrogen and oxygen atoms in total. The number of halogens is 1. The number of hydrogen-bond acceptors (Lipinski definition) is 5. The number of fused-ring (bicyclic) bond motifs is 2. The molecule has 132 valence electrons. The second kappa shape index (κ2) is 7.25. The Bertz CT molecular complexity index is 1000. The molecule has 26 heavy (non-hydrogen) atoms. The maximum atomic E-state index is 12.9. The highest BCUT2D eigenvalue weighted by Gasteiger charge is 2.34. The second-order valence-corrected chi connectivity index (χ2v) is 7.97. The van der Waals surface area contributed by atoms with Gasteiger partial charge in [-0.1, -0.05) is 64.9 Å². The molecule has 1 N–H and O–H groups in total. The number of hydrazone groups is 1. The summed E-state index contributed by atoms with van der Waals surface area (Å²) in [4.78, 5) is 17.7. The Morgan fingerprint density at radius 2 is 1.96 bits per heavy atom. The lowest BCUT2D eigenvalue weighted by Crippen LogP contribution is -2.50. The maximum absolute atomic E-state index is 12.9. The Labute approximate surface area is 164 Å². The van der Waals surface area contributed by atoms with Crippen LogP contribution < -0.4 is 15.9 Å². The summed E-state index contributed by atoms with van der Waals surface area (Å²) < 4.78 is 1.00. The van der Waals surface area contributed by atoms with Gasteiger partial charge in [0, 0.05) is 15.4 Å². The van der Waals surface area contributed by atoms with Crippen molar-refractivity contribution >= 4 is 44.5 Å². The standard InChI is InChI=1S/C19H17BrN4OS/c1-2-11-26-19-22-18(25)16-14-5-3-4-6-15(14)21-17(24(16)23-19)12-7-9-13(20)10-8-12/h3-10,17H,2,11H2,1H3,(H,22,23,25)/t17-/m0/s1. The number of nitrogens with zero attached hydrogens (tertiary/aromatic N) is 3. The highest BCUT2D eigenvalue weighted by molar-refractivity contribution is 9.10. The van der Waals surface area contributed by atoms with Crippen LogP contribution in [0.3, 0.4) is 0 Å². The summed E-state index contributed by atoms with van der Waals surface area (Å²) in [6.45, 7) is 2.10. The van der Waals surface area contributed by atoms with E-state index in [1.165, 1.54) is 0 Å². The zero-order chi connectivity index (χ0) is 18.1. The summed E-state index contributed by atoms with van der Waals surface area (Å²) in [6, 6.07) is 15.7. The first-order valence-corrected chi connectivity index (χ1v) is 10.2. The molecule has 0 aromatic heterocycles. The zero-order valence-electron chi connectivity index (χ0n) is 14.1. The van der Waals surface area contributed by atoms with E-state index >= 15 is 0 Å². The summed E-state index contributed by atoms with van der Waals surface area (Å²) in [6.07, 6.45) is 0.649. The van der Waals surface area contributed by atoms with Crippen molar-refractivity contribution < 1.29 is 4.79 Å². The average Bonchev–Trinajstić information content (AvgIpc) is 2.66. The van der Waals surface area contributed by atoms with Crippen LogP contribution in [0.4, 0.5) is 0 Å². The fourth-order valence-electron chi connectivity index (χ4n) is 2.94. The van der Waals surface area contributed by atoms with Crippen molar-refractivity contribution in [2.24, 2.45) is 10.1 Å². The van der Waals surface area contributed by atoms with E-state index in [0.29, 0.717) is 10.9 Å². The third-order valence-corrected chi connectivity index (χ3v) is 5.72. The number of nitrogens with one attached hydrogen (secondary N) is 1. The summed E-state index contributed by atoms with van der Waals surface area (Å²) in [7, 11) is 0. The highest BCUT2D eigenvalue weighted by atomic mass is 79.9. The normalized spacial score (nSPS) is 18.5. The third-order valence-electron chi connectivity index (χ3n) is 4.13. The number of carbonyl (C=O) groups excluding carboxylic acids is 1. The molecule has 7 heteroatoms. The molecule has 0 unspecified atom stereocenters. The lowest BCUT2D eigenvalue weighted by Gasteiger charge is -2.34. The van der Waals surface area contributed by atoms with Gasteiger partial charge in [-0.15, -0.1) is 5.10 Å². The summed E-state index contributed by atoms with van der Waals surface area (Å²) in [5.41, 5.74) is 1.53. The van der Waals surface area contributed by atoms with E-state index in [1.54, 1.807) is 16.8 Å². The van der Waals surface area contributed by atoms with Gasteiger partial charge in [0.15, 0.2) is 11.3 Å². The molecular weight excluding hydrogens is 412 g/mol. The molecule has 2 heterocycles. The molecular formula is C19H17BrN4OS. The predicted molar refractivity (Wildman–Crippen MR) is 108 cm³/mol. The largest absolute Gasteiger partial charge is 0.298 e. The molecule has 4 rings (SSSR count). The number of rotatable bonds is 3. The van der Waals surface area contributed by atoms with E-state index in [2.05, 4.69) is 28.2 Å². The molecule has 0 aliphatic carbocycles. The van der Waals surface area contributed by atoms with Gasteiger partial charge in [0.05, 0.1) is 5.36 Å². The molecule has 2 aliphatic rings. The number of carbonyl (C=O) groups is 1. The van der Waals surface area contributed by atoms with Crippen LogP contribution in [0.15, 0.2) is 63.1 Å². The molecule has 2 aliphatic heterocycles. The van der Waals surface area contributed by atoms with Gasteiger partial charge in [-0.3, -0.25) is 15.1 Å². The first-order chi connectivity index (χ1) is 12.7. The topological polar surface area (TPSA) is 57.1 Å². The van der Waals surface area contributed by atoms with Crippen LogP contribution in [0.5, 0.6) is 0 Å². The Balaban J connectivity index is 1.89. The van der Waals surface area contributed by atoms with E-state index < -0.39 is 0 Å². The molecule has 2 aromatic rings. The Kier molecular flexibility index (Phi) is 4.82. The lowest BCUT2D eigenvalue weighted by atomic mass is 10.1. The van der Waals surface area contributed by atoms with Crippen molar-refractivity contribution in [2.75, 3.05) is 5.75 Å². The first-order valence-electron chi connectivity index (χ1n) is 8.42. The van der Waals surface area contributed by atoms with E-state index in [-0.39, 0.29) is 12.1 Å². The maximum Gasteiger partial charge on any atom is 0.276 e. The minimum absolute atomic E-state index is 0.136. The molecule has 0 radical (unpaired) electrons. The summed E-state index contributed by atoms with van der Waals surface area (Å²) in [5.74, 6) is 0.766. The van der Waals surface area contributed by atoms with E-state index in [9.17, 15) is 4.79 Å². The minimum atomic E-state index is -0.365. The van der Waals surface area contributed by atoms with Crippen LogP contribution in [0.1, 0.15) is 25.1 Å². The summed E-state index contributed by atoms with van der Waals surface area (Å²) in [5, 5.41) is 11.6. The molecule has 0 saturated carbocycles. The van der Waals surface area contributed by atoms with Gasteiger partial charge in [0.25, 0.3) is 5.91 Å². The molecule has 0 spiro atoms. The smallest absolute Gasteiger partial charge is 0.276 e. The van der Waals surface area contributed by atoms with Crippen LogP contribution in [0.2, 0.25) is 0 Å². The van der Waals surface area contributed by atoms with Gasteiger partial charge in [0.1, 0.15) is 5.70 Å². The summed E-state index contributed by atoms with van der Waals surface area (Å²) >= 11 is 5.02. The third kappa shape index (κ3) is 3.17. The minimum Gasteiger partial charge on any atom is -0.298 e. The highest BCUT2D eigenvalue weighted by Crippen LogP contribution is 2.31. The molecule has 0 fully saturated rings. The van der Waals surface area contributed by atoms with Gasteiger partial charge in [0.2, 0.25) is 0 Å². The van der Waals surface area contributed by atoms with Crippen LogP contribution in [-0.2, 0) is 4.79 Å². The average molecular weight is 429 g/mol. The number of amides is 1. The van der Waals surface area contributed by atoms with Crippen molar-refractivity contribution in [3.05, 3.63) is 69.1 Å². The fraction of sp³-hybridized carbons (Fsp3) is 0.211.